The van der Waals surface area contributed by atoms with Crippen molar-refractivity contribution in [3.05, 3.63) is 99.3 Å². The highest BCUT2D eigenvalue weighted by molar-refractivity contribution is 9.10. The molecule has 0 fully saturated rings. The number of ether oxygens (including phenoxy) is 4. The number of carboxylic acid groups (broad SMARTS) is 1. The van der Waals surface area contributed by atoms with E-state index in [0.29, 0.717) is 47.9 Å². The molecule has 5 rings (SSSR count). The van der Waals surface area contributed by atoms with E-state index in [1.54, 1.807) is 18.3 Å². The highest BCUT2D eigenvalue weighted by Gasteiger charge is 2.17. The normalized spacial score (nSPS) is 12.7. The highest BCUT2D eigenvalue weighted by atomic mass is 79.9. The lowest BCUT2D eigenvalue weighted by Crippen LogP contribution is -2.28. The summed E-state index contributed by atoms with van der Waals surface area (Å²) in [6, 6.07) is 19.5. The lowest BCUT2D eigenvalue weighted by atomic mass is 9.96. The van der Waals surface area contributed by atoms with Crippen molar-refractivity contribution < 1.29 is 34.0 Å². The largest absolute Gasteiger partial charge is 0.488 e. The van der Waals surface area contributed by atoms with Crippen LogP contribution >= 0.6 is 15.9 Å². The van der Waals surface area contributed by atoms with Crippen molar-refractivity contribution in [1.82, 2.24) is 10.3 Å². The average molecular weight is 675 g/mol. The summed E-state index contributed by atoms with van der Waals surface area (Å²) >= 11 is 3.62. The molecule has 0 saturated heterocycles. The number of aromatic nitrogens is 1. The van der Waals surface area contributed by atoms with Gasteiger partial charge in [-0.2, -0.15) is 5.26 Å². The van der Waals surface area contributed by atoms with Gasteiger partial charge in [-0.3, -0.25) is 9.78 Å². The van der Waals surface area contributed by atoms with Crippen LogP contribution in [0.5, 0.6) is 23.0 Å². The zero-order valence-corrected chi connectivity index (χ0v) is 26.2. The molecule has 0 amide bonds. The summed E-state index contributed by atoms with van der Waals surface area (Å²) in [7, 11) is 0. The van der Waals surface area contributed by atoms with Crippen LogP contribution in [0, 0.1) is 18.3 Å². The van der Waals surface area contributed by atoms with E-state index in [-0.39, 0.29) is 19.6 Å². The van der Waals surface area contributed by atoms with E-state index in [1.807, 2.05) is 36.4 Å². The molecule has 0 aliphatic carbocycles. The fourth-order valence-corrected chi connectivity index (χ4v) is 5.42. The summed E-state index contributed by atoms with van der Waals surface area (Å²) in [4.78, 5) is 15.0. The molecule has 0 bridgehead atoms. The van der Waals surface area contributed by atoms with E-state index in [9.17, 15) is 15.2 Å². The number of aliphatic hydroxyl groups excluding tert-OH is 1. The van der Waals surface area contributed by atoms with Gasteiger partial charge < -0.3 is 34.5 Å². The molecule has 0 spiro atoms. The molecule has 10 nitrogen and oxygen atoms in total. The molecule has 0 saturated carbocycles. The lowest BCUT2D eigenvalue weighted by molar-refractivity contribution is -0.139. The first-order chi connectivity index (χ1) is 21.8. The predicted molar refractivity (Wildman–Crippen MR) is 169 cm³/mol. The van der Waals surface area contributed by atoms with Gasteiger partial charge >= 0.3 is 5.97 Å². The predicted octanol–water partition coefficient (Wildman–Crippen LogP) is 5.55. The van der Waals surface area contributed by atoms with Gasteiger partial charge in [-0.15, -0.1) is 0 Å². The van der Waals surface area contributed by atoms with Gasteiger partial charge in [0.15, 0.2) is 11.5 Å². The number of carbonyl (C=O) groups is 1. The number of pyridine rings is 1. The maximum Gasteiger partial charge on any atom is 0.306 e. The van der Waals surface area contributed by atoms with Gasteiger partial charge in [-0.05, 0) is 69.4 Å². The van der Waals surface area contributed by atoms with Gasteiger partial charge in [-0.25, -0.2) is 0 Å². The first-order valence-electron chi connectivity index (χ1n) is 14.3. The Hall–Kier alpha value is -4.63. The number of nitriles is 1. The summed E-state index contributed by atoms with van der Waals surface area (Å²) in [6.45, 7) is 3.98. The van der Waals surface area contributed by atoms with Crippen molar-refractivity contribution in [2.45, 2.75) is 39.2 Å². The van der Waals surface area contributed by atoms with Crippen LogP contribution in [-0.2, 0) is 24.6 Å². The van der Waals surface area contributed by atoms with Crippen LogP contribution in [0.3, 0.4) is 0 Å². The van der Waals surface area contributed by atoms with E-state index in [2.05, 4.69) is 45.3 Å². The molecule has 2 heterocycles. The first-order valence-corrected chi connectivity index (χ1v) is 15.1. The van der Waals surface area contributed by atoms with Crippen molar-refractivity contribution in [3.8, 4) is 40.2 Å². The highest BCUT2D eigenvalue weighted by Crippen LogP contribution is 2.37. The van der Waals surface area contributed by atoms with Gasteiger partial charge in [0.25, 0.3) is 0 Å². The lowest BCUT2D eigenvalue weighted by Gasteiger charge is -2.20. The number of benzene rings is 3. The molecule has 1 unspecified atom stereocenters. The number of aliphatic carboxylic acids is 1. The van der Waals surface area contributed by atoms with Crippen LogP contribution in [0.15, 0.2) is 71.5 Å². The summed E-state index contributed by atoms with van der Waals surface area (Å²) < 4.78 is 24.6. The first kappa shape index (κ1) is 31.8. The molecule has 1 aromatic heterocycles. The molecule has 3 aromatic carbocycles. The minimum absolute atomic E-state index is 0.0920. The van der Waals surface area contributed by atoms with Gasteiger partial charge in [0.2, 0.25) is 0 Å². The number of carboxylic acids is 1. The van der Waals surface area contributed by atoms with Crippen LogP contribution in [0.4, 0.5) is 0 Å². The molecule has 232 valence electrons. The van der Waals surface area contributed by atoms with E-state index < -0.39 is 12.1 Å². The number of nitrogens with zero attached hydrogens (tertiary/aromatic N) is 2. The van der Waals surface area contributed by atoms with Crippen molar-refractivity contribution in [2.75, 3.05) is 19.8 Å². The van der Waals surface area contributed by atoms with Crippen molar-refractivity contribution >= 4 is 21.9 Å². The summed E-state index contributed by atoms with van der Waals surface area (Å²) in [6.07, 6.45) is 1.73. The molecule has 4 aromatic rings. The fourth-order valence-electron chi connectivity index (χ4n) is 4.91. The molecule has 1 aliphatic rings. The Balaban J connectivity index is 1.34. The Labute approximate surface area is 269 Å². The zero-order valence-electron chi connectivity index (χ0n) is 24.6. The zero-order chi connectivity index (χ0) is 31.8. The maximum atomic E-state index is 10.9. The Kier molecular flexibility index (Phi) is 10.5. The van der Waals surface area contributed by atoms with Crippen LogP contribution in [-0.4, -0.2) is 47.0 Å². The monoisotopic (exact) mass is 673 g/mol. The SMILES string of the molecule is Cc1c(COc2cc(OCc3cncc(C#N)c3)c(CNCC(O)CC(=O)O)cc2Br)cccc1-c1ccc2c(c1)OCCO2. The van der Waals surface area contributed by atoms with Crippen LogP contribution < -0.4 is 24.3 Å². The third-order valence-electron chi connectivity index (χ3n) is 7.22. The second-order valence-electron chi connectivity index (χ2n) is 10.5. The minimum Gasteiger partial charge on any atom is -0.488 e. The number of fused-ring (bicyclic) bond motifs is 1. The standard InChI is InChI=1S/C34H32BrN3O7/c1-21-25(3-2-4-28(21)24-5-6-30-33(11-24)43-8-7-42-30)20-45-32-13-31(44-19-23-9-22(14-36)15-37-16-23)26(10-29(32)35)17-38-18-27(39)12-34(40)41/h2-6,9-11,13,15-16,27,38-39H,7-8,12,17-20H2,1H3,(H,40,41). The summed E-state index contributed by atoms with van der Waals surface area (Å²) in [5.41, 5.74) is 6.09. The third-order valence-corrected chi connectivity index (χ3v) is 7.84. The quantitative estimate of drug-likeness (QED) is 0.165. The molecular formula is C34H32BrN3O7. The van der Waals surface area contributed by atoms with Gasteiger partial charge in [0.1, 0.15) is 44.0 Å². The topological polar surface area (TPSA) is 143 Å². The van der Waals surface area contributed by atoms with Crippen molar-refractivity contribution in [3.63, 3.8) is 0 Å². The van der Waals surface area contributed by atoms with Gasteiger partial charge in [-0.1, -0.05) is 24.3 Å². The average Bonchev–Trinajstić information content (AvgIpc) is 3.04. The number of halogens is 1. The Morgan fingerprint density at radius 3 is 2.64 bits per heavy atom. The number of hydrogen-bond acceptors (Lipinski definition) is 9. The Bertz CT molecular complexity index is 1720. The van der Waals surface area contributed by atoms with Crippen LogP contribution in [0.25, 0.3) is 11.1 Å². The van der Waals surface area contributed by atoms with E-state index >= 15 is 0 Å². The van der Waals surface area contributed by atoms with Crippen LogP contribution in [0.2, 0.25) is 0 Å². The number of hydrogen-bond donors (Lipinski definition) is 3. The number of aliphatic hydroxyl groups is 1. The Morgan fingerprint density at radius 1 is 1.04 bits per heavy atom. The summed E-state index contributed by atoms with van der Waals surface area (Å²) in [5.74, 6) is 1.49. The fraction of sp³-hybridized carbons (Fsp3) is 0.265. The second kappa shape index (κ2) is 14.9. The van der Waals surface area contributed by atoms with E-state index in [4.69, 9.17) is 24.1 Å². The minimum atomic E-state index is -1.07. The second-order valence-corrected chi connectivity index (χ2v) is 11.3. The molecular weight excluding hydrogens is 642 g/mol. The molecule has 0 radical (unpaired) electrons. The van der Waals surface area contributed by atoms with Crippen LogP contribution in [0.1, 0.15) is 34.2 Å². The van der Waals surface area contributed by atoms with Gasteiger partial charge in [0.05, 0.1) is 22.6 Å². The molecule has 3 N–H and O–H groups in total. The maximum absolute atomic E-state index is 10.9. The summed E-state index contributed by atoms with van der Waals surface area (Å²) in [5, 5.41) is 31.2. The molecule has 1 aliphatic heterocycles. The molecule has 11 heteroatoms. The molecule has 45 heavy (non-hydrogen) atoms. The van der Waals surface area contributed by atoms with E-state index in [0.717, 1.165) is 44.9 Å². The van der Waals surface area contributed by atoms with E-state index in [1.165, 1.54) is 6.20 Å². The smallest absolute Gasteiger partial charge is 0.306 e. The molecule has 1 atom stereocenters. The van der Waals surface area contributed by atoms with Gasteiger partial charge in [0, 0.05) is 42.7 Å². The number of rotatable bonds is 13. The van der Waals surface area contributed by atoms with Crippen molar-refractivity contribution in [1.29, 1.82) is 5.26 Å². The van der Waals surface area contributed by atoms with Crippen molar-refractivity contribution in [2.24, 2.45) is 0 Å². The third kappa shape index (κ3) is 8.30. The number of nitrogens with one attached hydrogen (secondary N) is 1. The Morgan fingerprint density at radius 2 is 1.84 bits per heavy atom.